The summed E-state index contributed by atoms with van der Waals surface area (Å²) in [6.45, 7) is 7.33. The van der Waals surface area contributed by atoms with Crippen LogP contribution in [0, 0.1) is 5.41 Å². The highest BCUT2D eigenvalue weighted by Crippen LogP contribution is 2.54. The van der Waals surface area contributed by atoms with Crippen molar-refractivity contribution in [2.45, 2.75) is 57.5 Å². The fourth-order valence-corrected chi connectivity index (χ4v) is 3.85. The van der Waals surface area contributed by atoms with Crippen LogP contribution in [0.2, 0.25) is 0 Å². The molecule has 1 aromatic heterocycles. The summed E-state index contributed by atoms with van der Waals surface area (Å²) in [6.07, 6.45) is 2.07. The van der Waals surface area contributed by atoms with Crippen molar-refractivity contribution in [1.82, 2.24) is 10.1 Å². The number of aromatic hydroxyl groups is 1. The number of aromatic nitrogens is 2. The van der Waals surface area contributed by atoms with Gasteiger partial charge in [-0.25, -0.2) is 0 Å². The fraction of sp³-hybridized carbons (Fsp3) is 0.579. The lowest BCUT2D eigenvalue weighted by Crippen LogP contribution is -2.30. The molecule has 1 aromatic carbocycles. The summed E-state index contributed by atoms with van der Waals surface area (Å²) in [6, 6.07) is 7.44. The van der Waals surface area contributed by atoms with Gasteiger partial charge in [0.05, 0.1) is 12.0 Å². The minimum atomic E-state index is 0.0612. The van der Waals surface area contributed by atoms with Gasteiger partial charge in [-0.15, -0.1) is 0 Å². The molecule has 1 saturated heterocycles. The van der Waals surface area contributed by atoms with Crippen LogP contribution < -0.4 is 0 Å². The van der Waals surface area contributed by atoms with Crippen LogP contribution in [0.3, 0.4) is 0 Å². The monoisotopic (exact) mass is 328 g/mol. The van der Waals surface area contributed by atoms with Crippen LogP contribution >= 0.6 is 0 Å². The Balaban J connectivity index is 1.50. The SMILES string of the molecule is CC(C)(C)[C@@H]1OCC[C@H]1c1noc([C@@H]2C[C@H]2c2cccc(O)c2)n1. The number of phenolic OH excluding ortho intramolecular Hbond substituents is 1. The Labute approximate surface area is 142 Å². The molecule has 0 amide bonds. The summed E-state index contributed by atoms with van der Waals surface area (Å²) in [5, 5.41) is 13.9. The van der Waals surface area contributed by atoms with Crippen LogP contribution in [-0.4, -0.2) is 28.0 Å². The van der Waals surface area contributed by atoms with Crippen LogP contribution in [0.15, 0.2) is 28.8 Å². The predicted octanol–water partition coefficient (Wildman–Crippen LogP) is 3.96. The van der Waals surface area contributed by atoms with Gasteiger partial charge in [-0.05, 0) is 41.9 Å². The summed E-state index contributed by atoms with van der Waals surface area (Å²) in [5.41, 5.74) is 1.20. The van der Waals surface area contributed by atoms with Gasteiger partial charge in [0.25, 0.3) is 0 Å². The summed E-state index contributed by atoms with van der Waals surface area (Å²) in [7, 11) is 0. The Bertz CT molecular complexity index is 734. The first-order valence-corrected chi connectivity index (χ1v) is 8.67. The molecule has 1 aliphatic carbocycles. The van der Waals surface area contributed by atoms with Crippen LogP contribution in [0.1, 0.15) is 68.6 Å². The van der Waals surface area contributed by atoms with E-state index in [9.17, 15) is 5.11 Å². The van der Waals surface area contributed by atoms with Crippen molar-refractivity contribution in [3.8, 4) is 5.75 Å². The highest BCUT2D eigenvalue weighted by molar-refractivity contribution is 5.36. The standard InChI is InChI=1S/C19H24N2O3/c1-19(2,3)16-13(7-8-23-16)17-20-18(24-21-17)15-10-14(15)11-5-4-6-12(22)9-11/h4-6,9,13-16,22H,7-8,10H2,1-3H3/t13-,14+,15-,16-/m1/s1. The Kier molecular flexibility index (Phi) is 3.64. The second-order valence-electron chi connectivity index (χ2n) is 8.09. The topological polar surface area (TPSA) is 68.4 Å². The molecule has 4 rings (SSSR count). The molecule has 128 valence electrons. The van der Waals surface area contributed by atoms with Crippen LogP contribution in [0.25, 0.3) is 0 Å². The third-order valence-corrected chi connectivity index (χ3v) is 5.14. The van der Waals surface area contributed by atoms with Gasteiger partial charge < -0.3 is 14.4 Å². The molecule has 4 atom stereocenters. The van der Waals surface area contributed by atoms with Crippen molar-refractivity contribution in [1.29, 1.82) is 0 Å². The highest BCUT2D eigenvalue weighted by atomic mass is 16.5. The molecule has 0 radical (unpaired) electrons. The second kappa shape index (κ2) is 5.59. The predicted molar refractivity (Wildman–Crippen MR) is 89.1 cm³/mol. The number of phenols is 1. The molecule has 0 spiro atoms. The quantitative estimate of drug-likeness (QED) is 0.923. The molecule has 1 N–H and O–H groups in total. The Morgan fingerprint density at radius 2 is 2.00 bits per heavy atom. The van der Waals surface area contributed by atoms with E-state index in [1.165, 1.54) is 0 Å². The maximum Gasteiger partial charge on any atom is 0.230 e. The van der Waals surface area contributed by atoms with Gasteiger partial charge in [0.1, 0.15) is 5.75 Å². The lowest BCUT2D eigenvalue weighted by atomic mass is 9.81. The Morgan fingerprint density at radius 3 is 2.75 bits per heavy atom. The molecule has 0 unspecified atom stereocenters. The van der Waals surface area contributed by atoms with Gasteiger partial charge in [0.2, 0.25) is 5.89 Å². The lowest BCUT2D eigenvalue weighted by molar-refractivity contribution is 0.0193. The van der Waals surface area contributed by atoms with Gasteiger partial charge in [0.15, 0.2) is 5.82 Å². The third kappa shape index (κ3) is 2.81. The largest absolute Gasteiger partial charge is 0.508 e. The molecule has 1 saturated carbocycles. The summed E-state index contributed by atoms with van der Waals surface area (Å²) >= 11 is 0. The molecule has 2 aromatic rings. The summed E-state index contributed by atoms with van der Waals surface area (Å²) < 4.78 is 11.5. The van der Waals surface area contributed by atoms with E-state index in [1.807, 2.05) is 18.2 Å². The van der Waals surface area contributed by atoms with Gasteiger partial charge in [-0.3, -0.25) is 0 Å². The number of ether oxygens (including phenoxy) is 1. The zero-order valence-electron chi connectivity index (χ0n) is 14.4. The molecule has 0 bridgehead atoms. The lowest BCUT2D eigenvalue weighted by Gasteiger charge is -2.29. The van der Waals surface area contributed by atoms with E-state index in [1.54, 1.807) is 6.07 Å². The molecule has 5 heteroatoms. The van der Waals surface area contributed by atoms with Gasteiger partial charge in [-0.1, -0.05) is 38.1 Å². The minimum Gasteiger partial charge on any atom is -0.508 e. The Morgan fingerprint density at radius 1 is 1.17 bits per heavy atom. The van der Waals surface area contributed by atoms with Gasteiger partial charge >= 0.3 is 0 Å². The minimum absolute atomic E-state index is 0.0612. The molecular weight excluding hydrogens is 304 g/mol. The van der Waals surface area contributed by atoms with E-state index >= 15 is 0 Å². The first kappa shape index (κ1) is 15.6. The van der Waals surface area contributed by atoms with E-state index in [0.29, 0.717) is 11.7 Å². The maximum atomic E-state index is 9.63. The van der Waals surface area contributed by atoms with Crippen molar-refractivity contribution < 1.29 is 14.4 Å². The normalized spacial score (nSPS) is 29.8. The molecule has 5 nitrogen and oxygen atoms in total. The zero-order chi connectivity index (χ0) is 16.9. The summed E-state index contributed by atoms with van der Waals surface area (Å²) in [5.74, 6) is 2.65. The van der Waals surface area contributed by atoms with Crippen molar-refractivity contribution in [3.05, 3.63) is 41.5 Å². The second-order valence-corrected chi connectivity index (χ2v) is 8.09. The van der Waals surface area contributed by atoms with E-state index < -0.39 is 0 Å². The number of hydrogen-bond donors (Lipinski definition) is 1. The van der Waals surface area contributed by atoms with E-state index in [0.717, 1.165) is 36.7 Å². The van der Waals surface area contributed by atoms with Crippen molar-refractivity contribution in [2.24, 2.45) is 5.41 Å². The average Bonchev–Trinajstić information content (AvgIpc) is 2.96. The summed E-state index contributed by atoms with van der Waals surface area (Å²) in [4.78, 5) is 4.70. The van der Waals surface area contributed by atoms with E-state index in [-0.39, 0.29) is 23.4 Å². The fourth-order valence-electron chi connectivity index (χ4n) is 3.85. The maximum absolute atomic E-state index is 9.63. The smallest absolute Gasteiger partial charge is 0.230 e. The first-order chi connectivity index (χ1) is 11.4. The van der Waals surface area contributed by atoms with E-state index in [4.69, 9.17) is 14.2 Å². The van der Waals surface area contributed by atoms with Crippen LogP contribution in [0.5, 0.6) is 5.75 Å². The third-order valence-electron chi connectivity index (χ3n) is 5.14. The van der Waals surface area contributed by atoms with Gasteiger partial charge in [0, 0.05) is 12.5 Å². The molecule has 2 heterocycles. The highest BCUT2D eigenvalue weighted by Gasteiger charge is 2.45. The number of hydrogen-bond acceptors (Lipinski definition) is 5. The van der Waals surface area contributed by atoms with Gasteiger partial charge in [-0.2, -0.15) is 4.98 Å². The number of rotatable bonds is 3. The molecule has 2 aliphatic rings. The number of nitrogens with zero attached hydrogens (tertiary/aromatic N) is 2. The molecule has 1 aliphatic heterocycles. The first-order valence-electron chi connectivity index (χ1n) is 8.67. The zero-order valence-corrected chi connectivity index (χ0v) is 14.4. The molecule has 2 fully saturated rings. The Hall–Kier alpha value is -1.88. The van der Waals surface area contributed by atoms with Crippen molar-refractivity contribution in [3.63, 3.8) is 0 Å². The van der Waals surface area contributed by atoms with Crippen LogP contribution in [0.4, 0.5) is 0 Å². The van der Waals surface area contributed by atoms with Crippen molar-refractivity contribution in [2.75, 3.05) is 6.61 Å². The van der Waals surface area contributed by atoms with E-state index in [2.05, 4.69) is 25.9 Å². The number of benzene rings is 1. The van der Waals surface area contributed by atoms with Crippen molar-refractivity contribution >= 4 is 0 Å². The van der Waals surface area contributed by atoms with Crippen LogP contribution in [-0.2, 0) is 4.74 Å². The molecule has 24 heavy (non-hydrogen) atoms. The molecular formula is C19H24N2O3. The average molecular weight is 328 g/mol.